The van der Waals surface area contributed by atoms with Gasteiger partial charge in [-0.1, -0.05) is 182 Å². The largest absolute Gasteiger partial charge is 0.208 e. The lowest BCUT2D eigenvalue weighted by molar-refractivity contribution is 1.07. The Bertz CT molecular complexity index is 2240. The number of benzene rings is 7. The van der Waals surface area contributed by atoms with Crippen molar-refractivity contribution in [1.82, 2.24) is 15.0 Å². The van der Waals surface area contributed by atoms with E-state index in [0.29, 0.717) is 17.5 Å². The molecule has 0 saturated carbocycles. The zero-order chi connectivity index (χ0) is 32.1. The molecular weight excluding hydrogens is 583 g/mol. The van der Waals surface area contributed by atoms with Crippen molar-refractivity contribution in [3.05, 3.63) is 188 Å². The molecule has 7 aromatic carbocycles. The summed E-state index contributed by atoms with van der Waals surface area (Å²) in [6.45, 7) is 0. The number of nitrogens with zero attached hydrogens (tertiary/aromatic N) is 3. The van der Waals surface area contributed by atoms with E-state index in [0.717, 1.165) is 27.8 Å². The Morgan fingerprint density at radius 1 is 0.229 bits per heavy atom. The van der Waals surface area contributed by atoms with Gasteiger partial charge in [-0.25, -0.2) is 15.0 Å². The van der Waals surface area contributed by atoms with E-state index >= 15 is 0 Å². The molecule has 0 aliphatic carbocycles. The van der Waals surface area contributed by atoms with E-state index in [4.69, 9.17) is 15.0 Å². The predicted molar refractivity (Wildman–Crippen MR) is 198 cm³/mol. The minimum absolute atomic E-state index is 0.637. The molecule has 0 amide bonds. The van der Waals surface area contributed by atoms with Gasteiger partial charge in [0.2, 0.25) is 0 Å². The number of hydrogen-bond acceptors (Lipinski definition) is 3. The average molecular weight is 614 g/mol. The van der Waals surface area contributed by atoms with Crippen LogP contribution in [0.2, 0.25) is 0 Å². The van der Waals surface area contributed by atoms with E-state index in [1.165, 1.54) is 33.4 Å². The monoisotopic (exact) mass is 613 g/mol. The normalized spacial score (nSPS) is 10.9. The van der Waals surface area contributed by atoms with Crippen molar-refractivity contribution in [2.24, 2.45) is 0 Å². The van der Waals surface area contributed by atoms with Crippen molar-refractivity contribution in [1.29, 1.82) is 0 Å². The topological polar surface area (TPSA) is 38.7 Å². The molecule has 3 nitrogen and oxygen atoms in total. The Morgan fingerprint density at radius 2 is 0.583 bits per heavy atom. The summed E-state index contributed by atoms with van der Waals surface area (Å²) in [6, 6.07) is 65.3. The molecule has 0 fully saturated rings. The molecule has 0 radical (unpaired) electrons. The van der Waals surface area contributed by atoms with Crippen molar-refractivity contribution < 1.29 is 0 Å². The van der Waals surface area contributed by atoms with Crippen LogP contribution in [0, 0.1) is 0 Å². The first-order valence-electron chi connectivity index (χ1n) is 16.1. The number of aromatic nitrogens is 3. The van der Waals surface area contributed by atoms with Gasteiger partial charge in [-0.15, -0.1) is 0 Å². The van der Waals surface area contributed by atoms with E-state index in [1.54, 1.807) is 0 Å². The molecule has 0 saturated heterocycles. The molecule has 0 unspecified atom stereocenters. The van der Waals surface area contributed by atoms with Crippen molar-refractivity contribution in [2.75, 3.05) is 0 Å². The molecule has 0 aliphatic rings. The van der Waals surface area contributed by atoms with E-state index in [-0.39, 0.29) is 0 Å². The third kappa shape index (κ3) is 5.93. The molecule has 8 rings (SSSR count). The lowest BCUT2D eigenvalue weighted by Crippen LogP contribution is -2.00. The van der Waals surface area contributed by atoms with Crippen LogP contribution in [0.5, 0.6) is 0 Å². The Balaban J connectivity index is 1.26. The highest BCUT2D eigenvalue weighted by atomic mass is 15.0. The molecule has 0 atom stereocenters. The highest BCUT2D eigenvalue weighted by Gasteiger charge is 2.17. The molecule has 1 aromatic heterocycles. The lowest BCUT2D eigenvalue weighted by atomic mass is 9.87. The summed E-state index contributed by atoms with van der Waals surface area (Å²) in [6.07, 6.45) is 0. The maximum atomic E-state index is 4.99. The molecule has 0 N–H and O–H groups in total. The fraction of sp³-hybridized carbons (Fsp3) is 0. The summed E-state index contributed by atoms with van der Waals surface area (Å²) in [5.74, 6) is 1.94. The molecule has 0 spiro atoms. The summed E-state index contributed by atoms with van der Waals surface area (Å²) in [5.41, 5.74) is 12.2. The predicted octanol–water partition coefficient (Wildman–Crippen LogP) is 11.5. The number of hydrogen-bond donors (Lipinski definition) is 0. The van der Waals surface area contributed by atoms with Gasteiger partial charge in [0.05, 0.1) is 0 Å². The molecule has 8 aromatic rings. The quantitative estimate of drug-likeness (QED) is 0.179. The van der Waals surface area contributed by atoms with Crippen molar-refractivity contribution in [2.45, 2.75) is 0 Å². The van der Waals surface area contributed by atoms with Crippen LogP contribution < -0.4 is 0 Å². The van der Waals surface area contributed by atoms with Crippen LogP contribution in [-0.4, -0.2) is 15.0 Å². The van der Waals surface area contributed by atoms with Crippen molar-refractivity contribution in [3.8, 4) is 78.7 Å². The Kier molecular flexibility index (Phi) is 7.92. The fourth-order valence-electron chi connectivity index (χ4n) is 6.19. The SMILES string of the molecule is c1ccc(-c2ccc(-c3cccc(-c4cccc(-c5nc(-c6ccccc6)nc(-c6ccccc6)n5)c4)c3-c3ccccc3)cc2)cc1. The fourth-order valence-corrected chi connectivity index (χ4v) is 6.19. The van der Waals surface area contributed by atoms with Crippen LogP contribution >= 0.6 is 0 Å². The molecular formula is C45H31N3. The van der Waals surface area contributed by atoms with Gasteiger partial charge < -0.3 is 0 Å². The zero-order valence-electron chi connectivity index (χ0n) is 26.2. The third-order valence-corrected chi connectivity index (χ3v) is 8.56. The molecule has 0 bridgehead atoms. The number of rotatable bonds is 7. The summed E-state index contributed by atoms with van der Waals surface area (Å²) >= 11 is 0. The highest BCUT2D eigenvalue weighted by Crippen LogP contribution is 2.41. The van der Waals surface area contributed by atoms with Crippen molar-refractivity contribution >= 4 is 0 Å². The smallest absolute Gasteiger partial charge is 0.164 e. The van der Waals surface area contributed by atoms with Crippen LogP contribution in [0.25, 0.3) is 78.7 Å². The first kappa shape index (κ1) is 29.0. The lowest BCUT2D eigenvalue weighted by Gasteiger charge is -2.17. The van der Waals surface area contributed by atoms with E-state index in [9.17, 15) is 0 Å². The van der Waals surface area contributed by atoms with Gasteiger partial charge in [0, 0.05) is 16.7 Å². The van der Waals surface area contributed by atoms with E-state index < -0.39 is 0 Å². The van der Waals surface area contributed by atoms with Crippen LogP contribution in [0.3, 0.4) is 0 Å². The van der Waals surface area contributed by atoms with Gasteiger partial charge >= 0.3 is 0 Å². The average Bonchev–Trinajstić information content (AvgIpc) is 3.19. The molecule has 48 heavy (non-hydrogen) atoms. The Morgan fingerprint density at radius 3 is 1.12 bits per heavy atom. The van der Waals surface area contributed by atoms with Crippen LogP contribution in [-0.2, 0) is 0 Å². The highest BCUT2D eigenvalue weighted by molar-refractivity contribution is 5.95. The van der Waals surface area contributed by atoms with Crippen LogP contribution in [0.4, 0.5) is 0 Å². The molecule has 1 heterocycles. The first-order chi connectivity index (χ1) is 23.8. The second-order valence-electron chi connectivity index (χ2n) is 11.7. The maximum absolute atomic E-state index is 4.99. The van der Waals surface area contributed by atoms with Gasteiger partial charge in [-0.3, -0.25) is 0 Å². The minimum Gasteiger partial charge on any atom is -0.208 e. The van der Waals surface area contributed by atoms with Gasteiger partial charge in [0.15, 0.2) is 17.5 Å². The van der Waals surface area contributed by atoms with E-state index in [1.807, 2.05) is 60.7 Å². The first-order valence-corrected chi connectivity index (χ1v) is 16.1. The summed E-state index contributed by atoms with van der Waals surface area (Å²) in [4.78, 5) is 14.9. The summed E-state index contributed by atoms with van der Waals surface area (Å²) in [5, 5.41) is 0. The standard InChI is InChI=1S/C45H31N3/c1-5-15-32(16-6-1)33-27-29-34(30-28-33)40-25-14-26-41(42(40)35-17-7-2-8-18-35)38-23-13-24-39(31-38)45-47-43(36-19-9-3-10-20-36)46-44(48-45)37-21-11-4-12-22-37/h1-31H. The van der Waals surface area contributed by atoms with Crippen LogP contribution in [0.15, 0.2) is 188 Å². The van der Waals surface area contributed by atoms with Crippen molar-refractivity contribution in [3.63, 3.8) is 0 Å². The molecule has 226 valence electrons. The zero-order valence-corrected chi connectivity index (χ0v) is 26.2. The Labute approximate surface area is 280 Å². The van der Waals surface area contributed by atoms with Crippen LogP contribution in [0.1, 0.15) is 0 Å². The minimum atomic E-state index is 0.637. The molecule has 3 heteroatoms. The molecule has 0 aliphatic heterocycles. The maximum Gasteiger partial charge on any atom is 0.164 e. The second-order valence-corrected chi connectivity index (χ2v) is 11.7. The summed E-state index contributed by atoms with van der Waals surface area (Å²) < 4.78 is 0. The van der Waals surface area contributed by atoms with Gasteiger partial charge in [0.25, 0.3) is 0 Å². The second kappa shape index (κ2) is 13.1. The third-order valence-electron chi connectivity index (χ3n) is 8.56. The summed E-state index contributed by atoms with van der Waals surface area (Å²) in [7, 11) is 0. The Hall–Kier alpha value is -6.45. The van der Waals surface area contributed by atoms with Gasteiger partial charge in [0.1, 0.15) is 0 Å². The van der Waals surface area contributed by atoms with E-state index in [2.05, 4.69) is 127 Å². The van der Waals surface area contributed by atoms with Gasteiger partial charge in [-0.2, -0.15) is 0 Å². The van der Waals surface area contributed by atoms with Gasteiger partial charge in [-0.05, 0) is 50.6 Å².